The van der Waals surface area contributed by atoms with Crippen LogP contribution in [0.15, 0.2) is 66.2 Å². The first-order valence-corrected chi connectivity index (χ1v) is 9.21. The number of rotatable bonds is 4. The lowest BCUT2D eigenvalue weighted by atomic mass is 9.99. The SMILES string of the molecule is COc1ccc2ccccc2c1/C=C1\C(=O)NC(=O)N(c2ccc(C(=O)O)cc2)C1=O. The van der Waals surface area contributed by atoms with Crippen molar-refractivity contribution >= 4 is 46.4 Å². The third-order valence-corrected chi connectivity index (χ3v) is 4.91. The highest BCUT2D eigenvalue weighted by Gasteiger charge is 2.37. The van der Waals surface area contributed by atoms with Crippen molar-refractivity contribution in [3.8, 4) is 5.75 Å². The molecule has 0 saturated carbocycles. The second kappa shape index (κ2) is 7.75. The van der Waals surface area contributed by atoms with Crippen LogP contribution >= 0.6 is 0 Å². The molecule has 8 nitrogen and oxygen atoms in total. The highest BCUT2D eigenvalue weighted by Crippen LogP contribution is 2.31. The monoisotopic (exact) mass is 416 g/mol. The first-order valence-electron chi connectivity index (χ1n) is 9.21. The number of aromatic carboxylic acids is 1. The number of fused-ring (bicyclic) bond motifs is 1. The Morgan fingerprint density at radius 1 is 1.00 bits per heavy atom. The van der Waals surface area contributed by atoms with Gasteiger partial charge in [0, 0.05) is 5.56 Å². The van der Waals surface area contributed by atoms with E-state index in [-0.39, 0.29) is 16.8 Å². The Morgan fingerprint density at radius 3 is 2.39 bits per heavy atom. The molecule has 1 fully saturated rings. The molecule has 1 heterocycles. The molecule has 1 saturated heterocycles. The Morgan fingerprint density at radius 2 is 1.71 bits per heavy atom. The number of nitrogens with zero attached hydrogens (tertiary/aromatic N) is 1. The smallest absolute Gasteiger partial charge is 0.335 e. The van der Waals surface area contributed by atoms with Crippen LogP contribution in [0.1, 0.15) is 15.9 Å². The van der Waals surface area contributed by atoms with Crippen LogP contribution in [0.2, 0.25) is 0 Å². The van der Waals surface area contributed by atoms with Crippen LogP contribution in [0.4, 0.5) is 10.5 Å². The highest BCUT2D eigenvalue weighted by molar-refractivity contribution is 6.39. The molecule has 4 amide bonds. The summed E-state index contributed by atoms with van der Waals surface area (Å²) in [6.07, 6.45) is 1.39. The number of nitrogens with one attached hydrogen (secondary N) is 1. The summed E-state index contributed by atoms with van der Waals surface area (Å²) in [7, 11) is 1.48. The summed E-state index contributed by atoms with van der Waals surface area (Å²) >= 11 is 0. The maximum absolute atomic E-state index is 13.1. The van der Waals surface area contributed by atoms with Crippen molar-refractivity contribution in [2.45, 2.75) is 0 Å². The zero-order valence-corrected chi connectivity index (χ0v) is 16.3. The van der Waals surface area contributed by atoms with Crippen LogP contribution in [-0.4, -0.2) is 36.0 Å². The first-order chi connectivity index (χ1) is 14.9. The van der Waals surface area contributed by atoms with Crippen LogP contribution < -0.4 is 15.0 Å². The Balaban J connectivity index is 1.82. The van der Waals surface area contributed by atoms with Gasteiger partial charge in [-0.25, -0.2) is 14.5 Å². The van der Waals surface area contributed by atoms with Gasteiger partial charge in [0.25, 0.3) is 11.8 Å². The van der Waals surface area contributed by atoms with Gasteiger partial charge in [0.05, 0.1) is 18.4 Å². The summed E-state index contributed by atoms with van der Waals surface area (Å²) in [5.41, 5.74) is 0.405. The molecule has 0 spiro atoms. The van der Waals surface area contributed by atoms with Crippen molar-refractivity contribution in [1.29, 1.82) is 0 Å². The van der Waals surface area contributed by atoms with Crippen molar-refractivity contribution in [1.82, 2.24) is 5.32 Å². The molecule has 0 atom stereocenters. The van der Waals surface area contributed by atoms with E-state index >= 15 is 0 Å². The quantitative estimate of drug-likeness (QED) is 0.499. The van der Waals surface area contributed by atoms with Gasteiger partial charge in [-0.1, -0.05) is 30.3 Å². The number of benzene rings is 3. The number of carbonyl (C=O) groups excluding carboxylic acids is 3. The minimum Gasteiger partial charge on any atom is -0.496 e. The van der Waals surface area contributed by atoms with E-state index < -0.39 is 23.8 Å². The lowest BCUT2D eigenvalue weighted by molar-refractivity contribution is -0.122. The number of anilines is 1. The van der Waals surface area contributed by atoms with Gasteiger partial charge in [-0.3, -0.25) is 14.9 Å². The van der Waals surface area contributed by atoms with Gasteiger partial charge in [0.1, 0.15) is 11.3 Å². The van der Waals surface area contributed by atoms with E-state index in [1.807, 2.05) is 30.3 Å². The number of carbonyl (C=O) groups is 4. The number of ether oxygens (including phenoxy) is 1. The Bertz CT molecular complexity index is 1280. The maximum atomic E-state index is 13.1. The number of barbiturate groups is 1. The fourth-order valence-electron chi connectivity index (χ4n) is 3.39. The molecular weight excluding hydrogens is 400 g/mol. The molecule has 3 aromatic rings. The largest absolute Gasteiger partial charge is 0.496 e. The van der Waals surface area contributed by atoms with E-state index in [0.717, 1.165) is 15.7 Å². The summed E-state index contributed by atoms with van der Waals surface area (Å²) in [5.74, 6) is -2.34. The molecule has 1 aliphatic heterocycles. The summed E-state index contributed by atoms with van der Waals surface area (Å²) in [4.78, 5) is 49.9. The molecule has 0 aromatic heterocycles. The third kappa shape index (κ3) is 3.51. The van der Waals surface area contributed by atoms with Gasteiger partial charge in [0.2, 0.25) is 0 Å². The van der Waals surface area contributed by atoms with Crippen molar-refractivity contribution in [2.75, 3.05) is 12.0 Å². The molecule has 0 bridgehead atoms. The van der Waals surface area contributed by atoms with Crippen molar-refractivity contribution in [3.63, 3.8) is 0 Å². The Labute approximate surface area is 176 Å². The molecule has 0 unspecified atom stereocenters. The normalized spacial score (nSPS) is 15.3. The molecule has 8 heteroatoms. The summed E-state index contributed by atoms with van der Waals surface area (Å²) in [6.45, 7) is 0. The number of carboxylic acids is 1. The van der Waals surface area contributed by atoms with Crippen molar-refractivity contribution < 1.29 is 29.0 Å². The van der Waals surface area contributed by atoms with E-state index in [9.17, 15) is 19.2 Å². The van der Waals surface area contributed by atoms with Crippen LogP contribution in [0.25, 0.3) is 16.8 Å². The minimum absolute atomic E-state index is 0.000880. The zero-order chi connectivity index (χ0) is 22.1. The van der Waals surface area contributed by atoms with E-state index in [1.54, 1.807) is 6.07 Å². The third-order valence-electron chi connectivity index (χ3n) is 4.91. The highest BCUT2D eigenvalue weighted by atomic mass is 16.5. The predicted octanol–water partition coefficient (Wildman–Crippen LogP) is 3.21. The number of imide groups is 2. The maximum Gasteiger partial charge on any atom is 0.335 e. The minimum atomic E-state index is -1.14. The van der Waals surface area contributed by atoms with Gasteiger partial charge in [-0.2, -0.15) is 0 Å². The number of carboxylic acid groups (broad SMARTS) is 1. The molecule has 4 rings (SSSR count). The molecule has 3 aromatic carbocycles. The number of amides is 4. The van der Waals surface area contributed by atoms with Gasteiger partial charge in [-0.05, 0) is 47.2 Å². The first kappa shape index (κ1) is 19.8. The fourth-order valence-corrected chi connectivity index (χ4v) is 3.39. The van der Waals surface area contributed by atoms with Gasteiger partial charge in [0.15, 0.2) is 0 Å². The Kier molecular flexibility index (Phi) is 4.96. The molecule has 154 valence electrons. The fraction of sp³-hybridized carbons (Fsp3) is 0.0435. The second-order valence-electron chi connectivity index (χ2n) is 6.71. The lowest BCUT2D eigenvalue weighted by Crippen LogP contribution is -2.54. The van der Waals surface area contributed by atoms with Crippen LogP contribution in [-0.2, 0) is 9.59 Å². The number of urea groups is 1. The Hall–Kier alpha value is -4.46. The average molecular weight is 416 g/mol. The van der Waals surface area contributed by atoms with E-state index in [2.05, 4.69) is 5.32 Å². The van der Waals surface area contributed by atoms with E-state index in [1.165, 1.54) is 37.5 Å². The lowest BCUT2D eigenvalue weighted by Gasteiger charge is -2.26. The van der Waals surface area contributed by atoms with E-state index in [0.29, 0.717) is 11.3 Å². The number of hydrogen-bond donors (Lipinski definition) is 2. The standard InChI is InChI=1S/C23H16N2O6/c1-31-19-11-8-13-4-2-3-5-16(13)17(19)12-18-20(26)24-23(30)25(21(18)27)15-9-6-14(7-10-15)22(28)29/h2-12H,1H3,(H,28,29)(H,24,26,30)/b18-12+. The predicted molar refractivity (Wildman–Crippen MR) is 113 cm³/mol. The van der Waals surface area contributed by atoms with Gasteiger partial charge in [-0.15, -0.1) is 0 Å². The molecule has 2 N–H and O–H groups in total. The summed E-state index contributed by atoms with van der Waals surface area (Å²) < 4.78 is 5.41. The van der Waals surface area contributed by atoms with Crippen LogP contribution in [0.3, 0.4) is 0 Å². The van der Waals surface area contributed by atoms with Gasteiger partial charge >= 0.3 is 12.0 Å². The van der Waals surface area contributed by atoms with Crippen LogP contribution in [0.5, 0.6) is 5.75 Å². The molecule has 0 aliphatic carbocycles. The average Bonchev–Trinajstić information content (AvgIpc) is 2.76. The zero-order valence-electron chi connectivity index (χ0n) is 16.3. The topological polar surface area (TPSA) is 113 Å². The number of methoxy groups -OCH3 is 1. The van der Waals surface area contributed by atoms with Crippen LogP contribution in [0, 0.1) is 0 Å². The van der Waals surface area contributed by atoms with Crippen molar-refractivity contribution in [3.05, 3.63) is 77.4 Å². The van der Waals surface area contributed by atoms with E-state index in [4.69, 9.17) is 9.84 Å². The number of hydrogen-bond acceptors (Lipinski definition) is 5. The van der Waals surface area contributed by atoms with Gasteiger partial charge < -0.3 is 9.84 Å². The summed E-state index contributed by atoms with van der Waals surface area (Å²) in [6, 6.07) is 15.3. The molecule has 31 heavy (non-hydrogen) atoms. The molecule has 1 aliphatic rings. The summed E-state index contributed by atoms with van der Waals surface area (Å²) in [5, 5.41) is 12.8. The molecular formula is C23H16N2O6. The van der Waals surface area contributed by atoms with Crippen molar-refractivity contribution in [2.24, 2.45) is 0 Å². The second-order valence-corrected chi connectivity index (χ2v) is 6.71. The molecule has 0 radical (unpaired) electrons.